The van der Waals surface area contributed by atoms with Crippen LogP contribution in [-0.4, -0.2) is 41.3 Å². The van der Waals surface area contributed by atoms with Crippen molar-refractivity contribution in [3.63, 3.8) is 0 Å². The highest BCUT2D eigenvalue weighted by atomic mass is 16.4. The number of amides is 1. The quantitative estimate of drug-likeness (QED) is 0.345. The summed E-state index contributed by atoms with van der Waals surface area (Å²) in [4.78, 5) is 23.4. The van der Waals surface area contributed by atoms with Gasteiger partial charge in [0.05, 0.1) is 0 Å². The van der Waals surface area contributed by atoms with Crippen molar-refractivity contribution in [1.29, 1.82) is 0 Å². The lowest BCUT2D eigenvalue weighted by Gasteiger charge is -2.16. The Morgan fingerprint density at radius 1 is 0.969 bits per heavy atom. The van der Waals surface area contributed by atoms with Gasteiger partial charge in [0.1, 0.15) is 6.04 Å². The fourth-order valence-corrected chi connectivity index (χ4v) is 3.80. The highest BCUT2D eigenvalue weighted by Gasteiger charge is 2.19. The first-order chi connectivity index (χ1) is 15.5. The summed E-state index contributed by atoms with van der Waals surface area (Å²) in [6.45, 7) is 2.74. The first kappa shape index (κ1) is 23.4. The van der Waals surface area contributed by atoms with Crippen molar-refractivity contribution in [2.24, 2.45) is 0 Å². The smallest absolute Gasteiger partial charge is 0.326 e. The van der Waals surface area contributed by atoms with E-state index in [-0.39, 0.29) is 19.1 Å². The summed E-state index contributed by atoms with van der Waals surface area (Å²) in [6, 6.07) is 21.1. The number of rotatable bonds is 11. The molecule has 0 unspecified atom stereocenters. The van der Waals surface area contributed by atoms with Crippen LogP contribution in [-0.2, 0) is 11.2 Å². The number of benzene rings is 3. The lowest BCUT2D eigenvalue weighted by atomic mass is 9.99. The molecule has 32 heavy (non-hydrogen) atoms. The van der Waals surface area contributed by atoms with Gasteiger partial charge in [-0.05, 0) is 60.3 Å². The molecule has 6 nitrogen and oxygen atoms in total. The average Bonchev–Trinajstić information content (AvgIpc) is 2.81. The Bertz CT molecular complexity index is 1040. The molecule has 4 N–H and O–H groups in total. The van der Waals surface area contributed by atoms with E-state index in [9.17, 15) is 9.59 Å². The van der Waals surface area contributed by atoms with Crippen LogP contribution < -0.4 is 10.6 Å². The summed E-state index contributed by atoms with van der Waals surface area (Å²) in [6.07, 6.45) is 1.81. The summed E-state index contributed by atoms with van der Waals surface area (Å²) in [7, 11) is 0. The second kappa shape index (κ2) is 11.4. The van der Waals surface area contributed by atoms with Crippen LogP contribution in [0.25, 0.3) is 10.8 Å². The molecule has 3 aromatic rings. The van der Waals surface area contributed by atoms with E-state index in [4.69, 9.17) is 10.2 Å². The average molecular weight is 435 g/mol. The molecule has 0 aliphatic heterocycles. The maximum Gasteiger partial charge on any atom is 0.326 e. The van der Waals surface area contributed by atoms with Gasteiger partial charge in [-0.1, -0.05) is 54.6 Å². The molecule has 0 heterocycles. The third kappa shape index (κ3) is 6.15. The number of carboxylic acid groups (broad SMARTS) is 1. The van der Waals surface area contributed by atoms with E-state index in [1.165, 1.54) is 16.3 Å². The van der Waals surface area contributed by atoms with E-state index < -0.39 is 17.9 Å². The zero-order valence-electron chi connectivity index (χ0n) is 18.3. The van der Waals surface area contributed by atoms with Crippen LogP contribution in [0.15, 0.2) is 66.7 Å². The molecule has 1 amide bonds. The molecule has 6 heteroatoms. The van der Waals surface area contributed by atoms with Crippen molar-refractivity contribution in [3.8, 4) is 0 Å². The third-order valence-corrected chi connectivity index (χ3v) is 5.62. The number of nitrogens with one attached hydrogen (secondary N) is 2. The van der Waals surface area contributed by atoms with Crippen LogP contribution in [0.5, 0.6) is 0 Å². The van der Waals surface area contributed by atoms with Crippen molar-refractivity contribution in [1.82, 2.24) is 10.6 Å². The topological polar surface area (TPSA) is 98.7 Å². The number of carbonyl (C=O) groups is 2. The predicted octanol–water partition coefficient (Wildman–Crippen LogP) is 3.69. The van der Waals surface area contributed by atoms with E-state index in [0.29, 0.717) is 5.56 Å². The van der Waals surface area contributed by atoms with Gasteiger partial charge in [0.15, 0.2) is 0 Å². The van der Waals surface area contributed by atoms with E-state index in [0.717, 1.165) is 24.9 Å². The Kier molecular flexibility index (Phi) is 8.36. The summed E-state index contributed by atoms with van der Waals surface area (Å²) in [5, 5.41) is 26.6. The van der Waals surface area contributed by atoms with Crippen molar-refractivity contribution in [2.75, 3.05) is 13.2 Å². The third-order valence-electron chi connectivity index (χ3n) is 5.62. The standard InChI is InChI=1S/C26H30N2O4/c1-18(22-10-4-8-20-7-2-3-9-23(20)22)27-16-5-6-19-11-13-21(14-12-19)25(30)28-24(15-17-29)26(31)32/h2-4,7-14,18,24,27,29H,5-6,15-17H2,1H3,(H,28,30)(H,31,32)/t18-,24-/m1/s1. The van der Waals surface area contributed by atoms with E-state index >= 15 is 0 Å². The summed E-state index contributed by atoms with van der Waals surface area (Å²) in [5.74, 6) is -1.61. The largest absolute Gasteiger partial charge is 0.480 e. The molecule has 3 aromatic carbocycles. The molecule has 0 fully saturated rings. The molecule has 0 radical (unpaired) electrons. The van der Waals surface area contributed by atoms with E-state index in [1.54, 1.807) is 12.1 Å². The van der Waals surface area contributed by atoms with Gasteiger partial charge in [-0.2, -0.15) is 0 Å². The molecule has 0 aliphatic rings. The maximum absolute atomic E-state index is 12.2. The molecule has 0 saturated heterocycles. The number of hydrogen-bond acceptors (Lipinski definition) is 4. The zero-order valence-corrected chi connectivity index (χ0v) is 18.3. The normalized spacial score (nSPS) is 12.9. The first-order valence-electron chi connectivity index (χ1n) is 10.9. The zero-order chi connectivity index (χ0) is 22.9. The van der Waals surface area contributed by atoms with E-state index in [2.05, 4.69) is 60.0 Å². The molecule has 0 aromatic heterocycles. The Morgan fingerprint density at radius 2 is 1.69 bits per heavy atom. The van der Waals surface area contributed by atoms with Gasteiger partial charge in [-0.3, -0.25) is 4.79 Å². The SMILES string of the molecule is C[C@@H](NCCCc1ccc(C(=O)N[C@H](CCO)C(=O)O)cc1)c1cccc2ccccc12. The van der Waals surface area contributed by atoms with Gasteiger partial charge in [0, 0.05) is 24.6 Å². The predicted molar refractivity (Wildman–Crippen MR) is 126 cm³/mol. The second-order valence-electron chi connectivity index (χ2n) is 7.92. The first-order valence-corrected chi connectivity index (χ1v) is 10.9. The van der Waals surface area contributed by atoms with Crippen molar-refractivity contribution < 1.29 is 19.8 Å². The number of aliphatic hydroxyl groups excluding tert-OH is 1. The molecular weight excluding hydrogens is 404 g/mol. The van der Waals surface area contributed by atoms with Gasteiger partial charge >= 0.3 is 5.97 Å². The number of carboxylic acids is 1. The summed E-state index contributed by atoms with van der Waals surface area (Å²) in [5.41, 5.74) is 2.81. The van der Waals surface area contributed by atoms with Gasteiger partial charge in [0.25, 0.3) is 5.91 Å². The van der Waals surface area contributed by atoms with Crippen LogP contribution in [0, 0.1) is 0 Å². The molecule has 3 rings (SSSR count). The molecular formula is C26H30N2O4. The number of aryl methyl sites for hydroxylation is 1. The molecule has 2 atom stereocenters. The number of carbonyl (C=O) groups excluding carboxylic acids is 1. The molecule has 0 saturated carbocycles. The number of aliphatic hydroxyl groups is 1. The molecule has 0 bridgehead atoms. The Labute approximate surface area is 188 Å². The minimum Gasteiger partial charge on any atom is -0.480 e. The second-order valence-corrected chi connectivity index (χ2v) is 7.92. The fraction of sp³-hybridized carbons (Fsp3) is 0.308. The summed E-state index contributed by atoms with van der Waals surface area (Å²) < 4.78 is 0. The minimum absolute atomic E-state index is 0.0244. The lowest BCUT2D eigenvalue weighted by molar-refractivity contribution is -0.139. The van der Waals surface area contributed by atoms with Crippen LogP contribution >= 0.6 is 0 Å². The van der Waals surface area contributed by atoms with Gasteiger partial charge in [-0.25, -0.2) is 4.79 Å². The molecule has 168 valence electrons. The van der Waals surface area contributed by atoms with Crippen LogP contribution in [0.2, 0.25) is 0 Å². The minimum atomic E-state index is -1.16. The Hall–Kier alpha value is -3.22. The Morgan fingerprint density at radius 3 is 2.41 bits per heavy atom. The van der Waals surface area contributed by atoms with E-state index in [1.807, 2.05) is 12.1 Å². The lowest BCUT2D eigenvalue weighted by Crippen LogP contribution is -2.41. The Balaban J connectivity index is 1.48. The van der Waals surface area contributed by atoms with Crippen molar-refractivity contribution in [2.45, 2.75) is 38.3 Å². The molecule has 0 spiro atoms. The van der Waals surface area contributed by atoms with Crippen LogP contribution in [0.1, 0.15) is 47.3 Å². The summed E-state index contributed by atoms with van der Waals surface area (Å²) >= 11 is 0. The maximum atomic E-state index is 12.2. The van der Waals surface area contributed by atoms with Gasteiger partial charge in [0.2, 0.25) is 0 Å². The van der Waals surface area contributed by atoms with Crippen molar-refractivity contribution in [3.05, 3.63) is 83.4 Å². The van der Waals surface area contributed by atoms with Crippen molar-refractivity contribution >= 4 is 22.6 Å². The van der Waals surface area contributed by atoms with Gasteiger partial charge in [-0.15, -0.1) is 0 Å². The van der Waals surface area contributed by atoms with Crippen LogP contribution in [0.4, 0.5) is 0 Å². The number of hydrogen-bond donors (Lipinski definition) is 4. The monoisotopic (exact) mass is 434 g/mol. The number of fused-ring (bicyclic) bond motifs is 1. The molecule has 0 aliphatic carbocycles. The number of aliphatic carboxylic acids is 1. The van der Waals surface area contributed by atoms with Crippen LogP contribution in [0.3, 0.4) is 0 Å². The highest BCUT2D eigenvalue weighted by molar-refractivity contribution is 5.96. The highest BCUT2D eigenvalue weighted by Crippen LogP contribution is 2.24. The van der Waals surface area contributed by atoms with Gasteiger partial charge < -0.3 is 20.8 Å². The fourth-order valence-electron chi connectivity index (χ4n) is 3.80.